The van der Waals surface area contributed by atoms with Crippen molar-refractivity contribution in [2.75, 3.05) is 11.9 Å². The topological polar surface area (TPSA) is 38.3 Å². The molecule has 1 aliphatic rings. The highest BCUT2D eigenvalue weighted by molar-refractivity contribution is 5.81. The maximum absolute atomic E-state index is 12.3. The molecule has 0 bridgehead atoms. The van der Waals surface area contributed by atoms with Gasteiger partial charge in [0.25, 0.3) is 0 Å². The lowest BCUT2D eigenvalue weighted by Crippen LogP contribution is -2.27. The van der Waals surface area contributed by atoms with Gasteiger partial charge in [-0.25, -0.2) is 0 Å². The molecular weight excluding hydrogens is 238 g/mol. The van der Waals surface area contributed by atoms with Crippen LogP contribution in [-0.2, 0) is 9.53 Å². The average Bonchev–Trinajstić information content (AvgIpc) is 2.36. The molecule has 0 aliphatic carbocycles. The minimum atomic E-state index is -0.118. The van der Waals surface area contributed by atoms with Gasteiger partial charge in [-0.1, -0.05) is 32.0 Å². The third kappa shape index (κ3) is 3.49. The van der Waals surface area contributed by atoms with Crippen LogP contribution in [0.3, 0.4) is 0 Å². The van der Waals surface area contributed by atoms with Gasteiger partial charge in [0.05, 0.1) is 12.0 Å². The fourth-order valence-corrected chi connectivity index (χ4v) is 2.71. The summed E-state index contributed by atoms with van der Waals surface area (Å²) in [6.45, 7) is 7.09. The van der Waals surface area contributed by atoms with E-state index in [4.69, 9.17) is 4.74 Å². The Hall–Kier alpha value is -1.51. The predicted molar refractivity (Wildman–Crippen MR) is 77.3 cm³/mol. The van der Waals surface area contributed by atoms with E-state index in [1.807, 2.05) is 31.2 Å². The molecule has 0 amide bonds. The number of hydrogen-bond donors (Lipinski definition) is 1. The largest absolute Gasteiger partial charge is 0.462 e. The number of esters is 1. The average molecular weight is 261 g/mol. The van der Waals surface area contributed by atoms with Crippen molar-refractivity contribution >= 4 is 11.7 Å². The first-order chi connectivity index (χ1) is 9.08. The molecule has 1 aliphatic heterocycles. The number of para-hydroxylation sites is 1. The number of carbonyl (C=O) groups is 1. The third-order valence-corrected chi connectivity index (χ3v) is 3.49. The van der Waals surface area contributed by atoms with Crippen molar-refractivity contribution in [2.24, 2.45) is 5.92 Å². The molecule has 0 saturated heterocycles. The lowest BCUT2D eigenvalue weighted by molar-refractivity contribution is -0.150. The van der Waals surface area contributed by atoms with Crippen LogP contribution in [-0.4, -0.2) is 18.6 Å². The lowest BCUT2D eigenvalue weighted by Gasteiger charge is -2.26. The van der Waals surface area contributed by atoms with Gasteiger partial charge in [-0.15, -0.1) is 0 Å². The van der Waals surface area contributed by atoms with E-state index in [1.165, 1.54) is 0 Å². The third-order valence-electron chi connectivity index (χ3n) is 3.49. The van der Waals surface area contributed by atoms with Crippen LogP contribution < -0.4 is 5.32 Å². The van der Waals surface area contributed by atoms with Crippen LogP contribution in [0.15, 0.2) is 24.3 Å². The molecule has 1 aromatic rings. The molecular formula is C16H23NO2. The van der Waals surface area contributed by atoms with Crippen LogP contribution in [0.5, 0.6) is 0 Å². The smallest absolute Gasteiger partial charge is 0.313 e. The van der Waals surface area contributed by atoms with Crippen molar-refractivity contribution in [3.8, 4) is 0 Å². The van der Waals surface area contributed by atoms with Crippen LogP contribution in [0.2, 0.25) is 0 Å². The molecule has 3 nitrogen and oxygen atoms in total. The van der Waals surface area contributed by atoms with Crippen molar-refractivity contribution in [2.45, 2.75) is 45.6 Å². The molecule has 2 rings (SSSR count). The highest BCUT2D eigenvalue weighted by Gasteiger charge is 2.28. The molecule has 0 fully saturated rings. The van der Waals surface area contributed by atoms with Gasteiger partial charge >= 0.3 is 5.97 Å². The van der Waals surface area contributed by atoms with Crippen LogP contribution in [0, 0.1) is 5.92 Å². The first-order valence-electron chi connectivity index (χ1n) is 7.11. The molecule has 0 radical (unpaired) electrons. The number of fused-ring (bicyclic) bond motifs is 1. The Balaban J connectivity index is 2.04. The summed E-state index contributed by atoms with van der Waals surface area (Å²) in [5.41, 5.74) is 2.13. The quantitative estimate of drug-likeness (QED) is 0.842. The SMILES string of the molecule is CC(C)CC(C)OC(=O)C1CCNc2ccccc21. The first kappa shape index (κ1) is 13.9. The fraction of sp³-hybridized carbons (Fsp3) is 0.562. The van der Waals surface area contributed by atoms with E-state index in [9.17, 15) is 4.79 Å². The van der Waals surface area contributed by atoms with E-state index >= 15 is 0 Å². The predicted octanol–water partition coefficient (Wildman–Crippen LogP) is 3.56. The summed E-state index contributed by atoms with van der Waals surface area (Å²) in [6, 6.07) is 8.00. The van der Waals surface area contributed by atoms with Gasteiger partial charge < -0.3 is 10.1 Å². The Labute approximate surface area is 115 Å². The van der Waals surface area contributed by atoms with E-state index in [2.05, 4.69) is 19.2 Å². The molecule has 0 spiro atoms. The van der Waals surface area contributed by atoms with Crippen LogP contribution in [0.25, 0.3) is 0 Å². The second-order valence-corrected chi connectivity index (χ2v) is 5.73. The van der Waals surface area contributed by atoms with Crippen molar-refractivity contribution < 1.29 is 9.53 Å². The Morgan fingerprint density at radius 2 is 2.11 bits per heavy atom. The minimum Gasteiger partial charge on any atom is -0.462 e. The summed E-state index contributed by atoms with van der Waals surface area (Å²) in [7, 11) is 0. The Kier molecular flexibility index (Phi) is 4.46. The molecule has 1 heterocycles. The van der Waals surface area contributed by atoms with Gasteiger partial charge in [-0.2, -0.15) is 0 Å². The standard InChI is InChI=1S/C16H23NO2/c1-11(2)10-12(3)19-16(18)14-8-9-17-15-7-5-4-6-13(14)15/h4-7,11-12,14,17H,8-10H2,1-3H3. The monoisotopic (exact) mass is 261 g/mol. The Bertz CT molecular complexity index is 442. The van der Waals surface area contributed by atoms with Gasteiger partial charge in [-0.05, 0) is 37.3 Å². The molecule has 2 atom stereocenters. The molecule has 2 unspecified atom stereocenters. The van der Waals surface area contributed by atoms with Crippen LogP contribution in [0.1, 0.15) is 45.1 Å². The zero-order valence-corrected chi connectivity index (χ0v) is 12.0. The maximum atomic E-state index is 12.3. The first-order valence-corrected chi connectivity index (χ1v) is 7.11. The Morgan fingerprint density at radius 3 is 2.84 bits per heavy atom. The second-order valence-electron chi connectivity index (χ2n) is 5.73. The number of rotatable bonds is 4. The van der Waals surface area contributed by atoms with Gasteiger partial charge in [0.1, 0.15) is 0 Å². The van der Waals surface area contributed by atoms with E-state index in [-0.39, 0.29) is 18.0 Å². The molecule has 19 heavy (non-hydrogen) atoms. The van der Waals surface area contributed by atoms with Crippen molar-refractivity contribution in [3.05, 3.63) is 29.8 Å². The zero-order valence-electron chi connectivity index (χ0n) is 12.0. The minimum absolute atomic E-state index is 0.00505. The lowest BCUT2D eigenvalue weighted by atomic mass is 9.91. The number of carbonyl (C=O) groups excluding carboxylic acids is 1. The molecule has 1 aromatic carbocycles. The fourth-order valence-electron chi connectivity index (χ4n) is 2.71. The summed E-state index contributed by atoms with van der Waals surface area (Å²) in [6.07, 6.45) is 1.72. The molecule has 3 heteroatoms. The second kappa shape index (κ2) is 6.09. The molecule has 1 N–H and O–H groups in total. The van der Waals surface area contributed by atoms with E-state index in [0.717, 1.165) is 30.6 Å². The van der Waals surface area contributed by atoms with Crippen LogP contribution in [0.4, 0.5) is 5.69 Å². The van der Waals surface area contributed by atoms with E-state index in [0.29, 0.717) is 5.92 Å². The van der Waals surface area contributed by atoms with Crippen molar-refractivity contribution in [3.63, 3.8) is 0 Å². The molecule has 0 saturated carbocycles. The normalized spacial score (nSPS) is 19.5. The van der Waals surface area contributed by atoms with E-state index in [1.54, 1.807) is 0 Å². The number of benzene rings is 1. The van der Waals surface area contributed by atoms with Gasteiger partial charge in [0.15, 0.2) is 0 Å². The summed E-state index contributed by atoms with van der Waals surface area (Å²) in [5.74, 6) is 0.345. The number of hydrogen-bond acceptors (Lipinski definition) is 3. The summed E-state index contributed by atoms with van der Waals surface area (Å²) >= 11 is 0. The summed E-state index contributed by atoms with van der Waals surface area (Å²) in [5, 5.41) is 3.33. The van der Waals surface area contributed by atoms with E-state index < -0.39 is 0 Å². The van der Waals surface area contributed by atoms with Crippen molar-refractivity contribution in [1.29, 1.82) is 0 Å². The van der Waals surface area contributed by atoms with Crippen LogP contribution >= 0.6 is 0 Å². The summed E-state index contributed by atoms with van der Waals surface area (Å²) < 4.78 is 5.59. The summed E-state index contributed by atoms with van der Waals surface area (Å²) in [4.78, 5) is 12.3. The maximum Gasteiger partial charge on any atom is 0.313 e. The zero-order chi connectivity index (χ0) is 13.8. The van der Waals surface area contributed by atoms with Gasteiger partial charge in [0, 0.05) is 12.2 Å². The van der Waals surface area contributed by atoms with Gasteiger partial charge in [0.2, 0.25) is 0 Å². The highest BCUT2D eigenvalue weighted by atomic mass is 16.5. The molecule has 104 valence electrons. The number of nitrogens with one attached hydrogen (secondary N) is 1. The van der Waals surface area contributed by atoms with Crippen molar-refractivity contribution in [1.82, 2.24) is 0 Å². The molecule has 0 aromatic heterocycles. The Morgan fingerprint density at radius 1 is 1.37 bits per heavy atom. The number of ether oxygens (including phenoxy) is 1. The highest BCUT2D eigenvalue weighted by Crippen LogP contribution is 2.32. The van der Waals surface area contributed by atoms with Gasteiger partial charge in [-0.3, -0.25) is 4.79 Å². The number of anilines is 1.